The Hall–Kier alpha value is -3.62. The van der Waals surface area contributed by atoms with Crippen LogP contribution in [0, 0.1) is 0 Å². The van der Waals surface area contributed by atoms with Gasteiger partial charge >= 0.3 is 7.82 Å². The largest absolute Gasteiger partial charge is 0.472 e. The van der Waals surface area contributed by atoms with Gasteiger partial charge in [0.25, 0.3) is 0 Å². The molecule has 0 aliphatic carbocycles. The molecule has 1 amide bonds. The Morgan fingerprint density at radius 3 is 1.35 bits per heavy atom. The zero-order valence-corrected chi connectivity index (χ0v) is 44.4. The number of quaternary nitrogens is 1. The van der Waals surface area contributed by atoms with Crippen molar-refractivity contribution in [3.63, 3.8) is 0 Å². The molecule has 0 aliphatic rings. The summed E-state index contributed by atoms with van der Waals surface area (Å²) < 4.78 is 23.5. The number of allylic oxidation sites excluding steroid dienone is 23. The number of aliphatic hydroxyl groups is 1. The number of hydrogen-bond acceptors (Lipinski definition) is 5. The van der Waals surface area contributed by atoms with Crippen molar-refractivity contribution in [1.29, 1.82) is 0 Å². The SMILES string of the molecule is CC/C=C\C/C=C\C/C=C\C/C=C\C/C=C\C/C=C\C/C=C\C/C=C\C/C=C\C/C=C\CCCCCCCCC(=O)NC(COP(=O)(O)OCC[N+](C)(C)C)C(O)/C=C/CC/C=C/CCCCC. The lowest BCUT2D eigenvalue weighted by Gasteiger charge is -2.25. The Kier molecular flexibility index (Phi) is 45.8. The van der Waals surface area contributed by atoms with Crippen LogP contribution in [0.3, 0.4) is 0 Å². The van der Waals surface area contributed by atoms with Gasteiger partial charge in [-0.25, -0.2) is 4.57 Å². The fraction of sp³-hybridized carbons (Fsp3) is 0.576. The number of hydrogen-bond donors (Lipinski definition) is 3. The van der Waals surface area contributed by atoms with Crippen molar-refractivity contribution in [3.8, 4) is 0 Å². The number of carbonyl (C=O) groups is 1. The van der Waals surface area contributed by atoms with E-state index in [9.17, 15) is 19.4 Å². The molecule has 0 heterocycles. The van der Waals surface area contributed by atoms with Gasteiger partial charge in [-0.3, -0.25) is 13.8 Å². The molecule has 0 spiro atoms. The molecule has 0 aromatic rings. The zero-order chi connectivity index (χ0) is 49.9. The average molecular weight is 962 g/mol. The Bertz CT molecular complexity index is 1610. The summed E-state index contributed by atoms with van der Waals surface area (Å²) in [5.74, 6) is -0.212. The number of unbranched alkanes of at least 4 members (excludes halogenated alkanes) is 10. The van der Waals surface area contributed by atoms with Gasteiger partial charge < -0.3 is 19.8 Å². The zero-order valence-electron chi connectivity index (χ0n) is 43.5. The standard InChI is InChI=1S/C59H97N2O6P/c1-6-8-10-12-14-16-17-18-19-20-21-22-23-24-25-26-27-28-29-30-31-32-33-34-35-36-37-38-39-40-41-42-43-45-47-49-51-53-59(63)60-57(56-67-68(64,65)66-55-54-61(3,4)5)58(62)52-50-48-46-44-15-13-11-9-7-2/h8,10,14-16,18-19,21-22,24-25,27-28,30-31,33-34,36-37,39-40,44,50,52,57-58,62H,6-7,9,11-13,17,20,23,26,29,32,35,38,41-43,45-49,51,53-56H2,1-5H3,(H-,60,63,64,65)/p+1/b10-8-,16-14-,19-18-,22-21-,25-24-,28-27-,31-30-,34-33-,37-36-,40-39-,44-15+,52-50+. The first-order chi connectivity index (χ1) is 33.0. The van der Waals surface area contributed by atoms with Gasteiger partial charge in [0, 0.05) is 6.42 Å². The summed E-state index contributed by atoms with van der Waals surface area (Å²) >= 11 is 0. The van der Waals surface area contributed by atoms with Gasteiger partial charge in [0.15, 0.2) is 0 Å². The number of phosphoric ester groups is 1. The number of likely N-dealkylation sites (N-methyl/N-ethyl adjacent to an activating group) is 1. The lowest BCUT2D eigenvalue weighted by molar-refractivity contribution is -0.870. The van der Waals surface area contributed by atoms with Crippen LogP contribution >= 0.6 is 7.82 Å². The molecule has 0 rings (SSSR count). The normalized spacial score (nSPS) is 15.2. The molecule has 0 aromatic carbocycles. The molecule has 8 nitrogen and oxygen atoms in total. The van der Waals surface area contributed by atoms with E-state index in [1.54, 1.807) is 6.08 Å². The average Bonchev–Trinajstić information content (AvgIpc) is 3.30. The van der Waals surface area contributed by atoms with Gasteiger partial charge in [0.2, 0.25) is 5.91 Å². The highest BCUT2D eigenvalue weighted by Crippen LogP contribution is 2.43. The van der Waals surface area contributed by atoms with Crippen molar-refractivity contribution in [3.05, 3.63) is 146 Å². The van der Waals surface area contributed by atoms with Crippen LogP contribution in [0.1, 0.15) is 168 Å². The van der Waals surface area contributed by atoms with Crippen molar-refractivity contribution in [1.82, 2.24) is 5.32 Å². The van der Waals surface area contributed by atoms with Crippen LogP contribution in [-0.4, -0.2) is 73.4 Å². The summed E-state index contributed by atoms with van der Waals surface area (Å²) in [6.45, 7) is 4.57. The Balaban J connectivity index is 4.16. The summed E-state index contributed by atoms with van der Waals surface area (Å²) in [6.07, 6.45) is 75.3. The summed E-state index contributed by atoms with van der Waals surface area (Å²) in [7, 11) is 1.52. The van der Waals surface area contributed by atoms with E-state index in [-0.39, 0.29) is 19.1 Å². The summed E-state index contributed by atoms with van der Waals surface area (Å²) in [4.78, 5) is 23.1. The summed E-state index contributed by atoms with van der Waals surface area (Å²) in [6, 6.07) is -0.880. The third-order valence-corrected chi connectivity index (χ3v) is 11.5. The predicted molar refractivity (Wildman–Crippen MR) is 294 cm³/mol. The summed E-state index contributed by atoms with van der Waals surface area (Å²) in [5.41, 5.74) is 0. The number of rotatable bonds is 45. The Labute approximate surface area is 417 Å². The summed E-state index contributed by atoms with van der Waals surface area (Å²) in [5, 5.41) is 13.7. The van der Waals surface area contributed by atoms with Crippen LogP contribution in [0.5, 0.6) is 0 Å². The molecule has 0 aliphatic heterocycles. The maximum Gasteiger partial charge on any atom is 0.472 e. The number of phosphoric acid groups is 1. The molecule has 3 atom stereocenters. The van der Waals surface area contributed by atoms with Crippen molar-refractivity contribution >= 4 is 13.7 Å². The highest BCUT2D eigenvalue weighted by molar-refractivity contribution is 7.47. The third kappa shape index (κ3) is 50.3. The molecular formula is C59H98N2O6P+. The molecular weight excluding hydrogens is 864 g/mol. The molecule has 0 bridgehead atoms. The van der Waals surface area contributed by atoms with Crippen molar-refractivity contribution in [2.75, 3.05) is 40.9 Å². The number of nitrogens with zero attached hydrogens (tertiary/aromatic N) is 1. The number of aliphatic hydroxyl groups excluding tert-OH is 1. The molecule has 68 heavy (non-hydrogen) atoms. The monoisotopic (exact) mass is 962 g/mol. The fourth-order valence-corrected chi connectivity index (χ4v) is 7.17. The van der Waals surface area contributed by atoms with E-state index in [4.69, 9.17) is 9.05 Å². The van der Waals surface area contributed by atoms with Crippen LogP contribution in [0.25, 0.3) is 0 Å². The molecule has 0 radical (unpaired) electrons. The maximum atomic E-state index is 12.9. The fourth-order valence-electron chi connectivity index (χ4n) is 6.44. The molecule has 0 saturated heterocycles. The lowest BCUT2D eigenvalue weighted by atomic mass is 10.1. The predicted octanol–water partition coefficient (Wildman–Crippen LogP) is 15.7. The minimum Gasteiger partial charge on any atom is -0.387 e. The van der Waals surface area contributed by atoms with Crippen molar-refractivity contribution in [2.45, 2.75) is 180 Å². The molecule has 0 fully saturated rings. The molecule has 0 saturated carbocycles. The minimum absolute atomic E-state index is 0.0445. The van der Waals surface area contributed by atoms with Crippen LogP contribution in [0.4, 0.5) is 0 Å². The first-order valence-corrected chi connectivity index (χ1v) is 27.7. The van der Waals surface area contributed by atoms with Gasteiger partial charge in [-0.15, -0.1) is 0 Å². The van der Waals surface area contributed by atoms with Gasteiger partial charge in [0.1, 0.15) is 13.2 Å². The van der Waals surface area contributed by atoms with E-state index in [1.807, 2.05) is 27.2 Å². The van der Waals surface area contributed by atoms with Crippen LogP contribution in [0.15, 0.2) is 146 Å². The van der Waals surface area contributed by atoms with E-state index < -0.39 is 20.0 Å². The smallest absolute Gasteiger partial charge is 0.387 e. The van der Waals surface area contributed by atoms with Crippen LogP contribution in [-0.2, 0) is 18.4 Å². The Morgan fingerprint density at radius 2 is 0.897 bits per heavy atom. The second-order valence-electron chi connectivity index (χ2n) is 18.2. The van der Waals surface area contributed by atoms with E-state index >= 15 is 0 Å². The molecule has 3 unspecified atom stereocenters. The van der Waals surface area contributed by atoms with E-state index in [0.717, 1.165) is 128 Å². The maximum absolute atomic E-state index is 12.9. The second kappa shape index (κ2) is 48.4. The highest BCUT2D eigenvalue weighted by Gasteiger charge is 2.27. The number of amides is 1. The Morgan fingerprint density at radius 1 is 0.515 bits per heavy atom. The van der Waals surface area contributed by atoms with Crippen molar-refractivity contribution < 1.29 is 32.9 Å². The van der Waals surface area contributed by atoms with E-state index in [1.165, 1.54) is 19.3 Å². The number of nitrogens with one attached hydrogen (secondary N) is 1. The van der Waals surface area contributed by atoms with Crippen molar-refractivity contribution in [2.24, 2.45) is 0 Å². The molecule has 3 N–H and O–H groups in total. The second-order valence-corrected chi connectivity index (χ2v) is 19.6. The lowest BCUT2D eigenvalue weighted by Crippen LogP contribution is -2.45. The van der Waals surface area contributed by atoms with Gasteiger partial charge in [-0.1, -0.05) is 198 Å². The van der Waals surface area contributed by atoms with Gasteiger partial charge in [0.05, 0.1) is 39.9 Å². The first-order valence-electron chi connectivity index (χ1n) is 26.2. The van der Waals surface area contributed by atoms with Crippen LogP contribution in [0.2, 0.25) is 0 Å². The van der Waals surface area contributed by atoms with E-state index in [0.29, 0.717) is 17.4 Å². The van der Waals surface area contributed by atoms with Gasteiger partial charge in [-0.05, 0) is 109 Å². The number of carbonyl (C=O) groups excluding carboxylic acids is 1. The first kappa shape index (κ1) is 64.4. The van der Waals surface area contributed by atoms with E-state index in [2.05, 4.69) is 153 Å². The molecule has 0 aromatic heterocycles. The molecule has 9 heteroatoms. The minimum atomic E-state index is -4.36. The molecule has 384 valence electrons. The van der Waals surface area contributed by atoms with Crippen LogP contribution < -0.4 is 5.32 Å². The highest BCUT2D eigenvalue weighted by atomic mass is 31.2. The quantitative estimate of drug-likeness (QED) is 0.0243. The topological polar surface area (TPSA) is 105 Å². The van der Waals surface area contributed by atoms with Gasteiger partial charge in [-0.2, -0.15) is 0 Å². The third-order valence-electron chi connectivity index (χ3n) is 10.5.